The van der Waals surface area contributed by atoms with Crippen LogP contribution in [0.25, 0.3) is 0 Å². The molecule has 0 aliphatic carbocycles. The summed E-state index contributed by atoms with van der Waals surface area (Å²) in [5.74, 6) is 2.22. The first-order valence-electron chi connectivity index (χ1n) is 9.76. The van der Waals surface area contributed by atoms with Crippen molar-refractivity contribution in [2.45, 2.75) is 90.9 Å². The molecule has 1 unspecified atom stereocenters. The van der Waals surface area contributed by atoms with Crippen LogP contribution in [0.3, 0.4) is 0 Å². The minimum atomic E-state index is 0. The summed E-state index contributed by atoms with van der Waals surface area (Å²) in [6.45, 7) is 6.71. The number of aliphatic imine (C=N–C) groups is 1. The van der Waals surface area contributed by atoms with Gasteiger partial charge in [0.15, 0.2) is 0 Å². The Morgan fingerprint density at radius 2 is 1.48 bits per heavy atom. The SMILES string of the molecule is Br.CCCCCCCCC(CCCCCC)CSN1C=NCC1. The zero-order valence-electron chi connectivity index (χ0n) is 15.5. The van der Waals surface area contributed by atoms with Crippen LogP contribution in [0.2, 0.25) is 0 Å². The highest BCUT2D eigenvalue weighted by molar-refractivity contribution is 8.93. The smallest absolute Gasteiger partial charge is 0.0950 e. The van der Waals surface area contributed by atoms with Crippen molar-refractivity contribution in [2.75, 3.05) is 18.8 Å². The van der Waals surface area contributed by atoms with E-state index in [1.54, 1.807) is 0 Å². The van der Waals surface area contributed by atoms with Crippen molar-refractivity contribution < 1.29 is 0 Å². The summed E-state index contributed by atoms with van der Waals surface area (Å²) in [5, 5.41) is 0. The Balaban J connectivity index is 0.00000484. The lowest BCUT2D eigenvalue weighted by Crippen LogP contribution is -2.14. The molecular formula is C19H39BrN2S. The quantitative estimate of drug-likeness (QED) is 0.217. The van der Waals surface area contributed by atoms with Gasteiger partial charge in [0.05, 0.1) is 19.4 Å². The number of hydrogen-bond donors (Lipinski definition) is 0. The highest BCUT2D eigenvalue weighted by Gasteiger charge is 2.12. The van der Waals surface area contributed by atoms with E-state index in [-0.39, 0.29) is 17.0 Å². The van der Waals surface area contributed by atoms with Gasteiger partial charge in [0.2, 0.25) is 0 Å². The van der Waals surface area contributed by atoms with E-state index in [0.29, 0.717) is 0 Å². The van der Waals surface area contributed by atoms with Crippen molar-refractivity contribution in [2.24, 2.45) is 10.9 Å². The van der Waals surface area contributed by atoms with E-state index in [2.05, 4.69) is 23.1 Å². The molecule has 1 rings (SSSR count). The van der Waals surface area contributed by atoms with Gasteiger partial charge in [-0.1, -0.05) is 78.1 Å². The molecule has 0 saturated heterocycles. The molecule has 0 spiro atoms. The third kappa shape index (κ3) is 13.3. The van der Waals surface area contributed by atoms with E-state index in [1.165, 1.54) is 82.8 Å². The molecule has 1 heterocycles. The number of hydrogen-bond acceptors (Lipinski definition) is 3. The van der Waals surface area contributed by atoms with Crippen molar-refractivity contribution in [3.05, 3.63) is 0 Å². The van der Waals surface area contributed by atoms with E-state index < -0.39 is 0 Å². The minimum absolute atomic E-state index is 0. The Morgan fingerprint density at radius 1 is 0.913 bits per heavy atom. The van der Waals surface area contributed by atoms with Crippen LogP contribution in [0.15, 0.2) is 4.99 Å². The second-order valence-electron chi connectivity index (χ2n) is 6.73. The second kappa shape index (κ2) is 17.1. The van der Waals surface area contributed by atoms with Gasteiger partial charge < -0.3 is 4.31 Å². The molecule has 0 aromatic rings. The zero-order chi connectivity index (χ0) is 15.9. The molecule has 0 saturated carbocycles. The molecule has 0 bridgehead atoms. The predicted octanol–water partition coefficient (Wildman–Crippen LogP) is 6.89. The van der Waals surface area contributed by atoms with Crippen molar-refractivity contribution in [3.63, 3.8) is 0 Å². The average Bonchev–Trinajstić information content (AvgIpc) is 3.05. The van der Waals surface area contributed by atoms with Crippen LogP contribution < -0.4 is 0 Å². The number of rotatable bonds is 15. The summed E-state index contributed by atoms with van der Waals surface area (Å²) >= 11 is 2.01. The highest BCUT2D eigenvalue weighted by Crippen LogP contribution is 2.24. The van der Waals surface area contributed by atoms with Crippen LogP contribution in [0, 0.1) is 5.92 Å². The largest absolute Gasteiger partial charge is 0.305 e. The van der Waals surface area contributed by atoms with E-state index in [4.69, 9.17) is 0 Å². The van der Waals surface area contributed by atoms with Crippen LogP contribution in [0.5, 0.6) is 0 Å². The Hall–Kier alpha value is 0.300. The lowest BCUT2D eigenvalue weighted by atomic mass is 9.96. The van der Waals surface area contributed by atoms with E-state index >= 15 is 0 Å². The Bertz CT molecular complexity index is 274. The van der Waals surface area contributed by atoms with Gasteiger partial charge in [-0.25, -0.2) is 0 Å². The standard InChI is InChI=1S/C19H38N2S.BrH/c1-3-5-7-9-10-12-14-19(13-11-8-6-4-2)17-22-21-16-15-20-18-21;/h18-19H,3-17H2,1-2H3;1H. The molecule has 0 amide bonds. The van der Waals surface area contributed by atoms with Crippen molar-refractivity contribution in [3.8, 4) is 0 Å². The third-order valence-electron chi connectivity index (χ3n) is 4.57. The maximum absolute atomic E-state index is 4.31. The summed E-state index contributed by atoms with van der Waals surface area (Å²) < 4.78 is 2.33. The number of nitrogens with zero attached hydrogens (tertiary/aromatic N) is 2. The van der Waals surface area contributed by atoms with E-state index in [0.717, 1.165) is 19.0 Å². The molecule has 1 aliphatic heterocycles. The van der Waals surface area contributed by atoms with Gasteiger partial charge in [-0.05, 0) is 30.7 Å². The third-order valence-corrected chi connectivity index (χ3v) is 5.80. The zero-order valence-corrected chi connectivity index (χ0v) is 18.0. The van der Waals surface area contributed by atoms with Crippen LogP contribution in [-0.4, -0.2) is 29.5 Å². The van der Waals surface area contributed by atoms with Crippen molar-refractivity contribution in [1.29, 1.82) is 0 Å². The minimum Gasteiger partial charge on any atom is -0.305 e. The van der Waals surface area contributed by atoms with Gasteiger partial charge in [-0.3, -0.25) is 4.99 Å². The van der Waals surface area contributed by atoms with E-state index in [1.807, 2.05) is 18.3 Å². The van der Waals surface area contributed by atoms with Crippen molar-refractivity contribution >= 4 is 35.3 Å². The summed E-state index contributed by atoms with van der Waals surface area (Å²) in [4.78, 5) is 4.31. The second-order valence-corrected chi connectivity index (χ2v) is 7.79. The maximum atomic E-state index is 4.31. The van der Waals surface area contributed by atoms with Crippen molar-refractivity contribution in [1.82, 2.24) is 4.31 Å². The first-order valence-corrected chi connectivity index (χ1v) is 10.7. The number of halogens is 1. The van der Waals surface area contributed by atoms with Crippen LogP contribution in [-0.2, 0) is 0 Å². The Kier molecular flexibility index (Phi) is 17.4. The fourth-order valence-electron chi connectivity index (χ4n) is 3.05. The summed E-state index contributed by atoms with van der Waals surface area (Å²) in [6, 6.07) is 0. The summed E-state index contributed by atoms with van der Waals surface area (Å²) in [5.41, 5.74) is 0. The molecule has 0 aromatic heterocycles. The fourth-order valence-corrected chi connectivity index (χ4v) is 4.13. The summed E-state index contributed by atoms with van der Waals surface area (Å²) in [7, 11) is 0. The first-order chi connectivity index (χ1) is 10.9. The highest BCUT2D eigenvalue weighted by atomic mass is 79.9. The predicted molar refractivity (Wildman–Crippen MR) is 113 cm³/mol. The normalized spacial score (nSPS) is 15.0. The molecule has 23 heavy (non-hydrogen) atoms. The Morgan fingerprint density at radius 3 is 2.04 bits per heavy atom. The van der Waals surface area contributed by atoms with Gasteiger partial charge in [-0.2, -0.15) is 0 Å². The molecule has 138 valence electrons. The molecule has 0 N–H and O–H groups in total. The van der Waals surface area contributed by atoms with Gasteiger partial charge in [-0.15, -0.1) is 17.0 Å². The molecule has 2 nitrogen and oxygen atoms in total. The monoisotopic (exact) mass is 406 g/mol. The van der Waals surface area contributed by atoms with Gasteiger partial charge >= 0.3 is 0 Å². The van der Waals surface area contributed by atoms with Crippen LogP contribution in [0.1, 0.15) is 90.9 Å². The molecule has 4 heteroatoms. The topological polar surface area (TPSA) is 15.6 Å². The average molecular weight is 408 g/mol. The van der Waals surface area contributed by atoms with Gasteiger partial charge in [0.1, 0.15) is 0 Å². The van der Waals surface area contributed by atoms with Gasteiger partial charge in [0, 0.05) is 5.75 Å². The Labute approximate surface area is 160 Å². The molecular weight excluding hydrogens is 368 g/mol. The van der Waals surface area contributed by atoms with Crippen LogP contribution >= 0.6 is 28.9 Å². The molecule has 0 fully saturated rings. The van der Waals surface area contributed by atoms with Gasteiger partial charge in [0.25, 0.3) is 0 Å². The molecule has 0 aromatic carbocycles. The number of unbranched alkanes of at least 4 members (excludes halogenated alkanes) is 8. The fraction of sp³-hybridized carbons (Fsp3) is 0.947. The summed E-state index contributed by atoms with van der Waals surface area (Å²) in [6.07, 6.45) is 19.1. The lowest BCUT2D eigenvalue weighted by Gasteiger charge is -2.20. The first kappa shape index (κ1) is 23.3. The van der Waals surface area contributed by atoms with E-state index in [9.17, 15) is 0 Å². The molecule has 1 atom stereocenters. The lowest BCUT2D eigenvalue weighted by molar-refractivity contribution is 0.438. The molecule has 1 aliphatic rings. The molecule has 0 radical (unpaired) electrons. The van der Waals surface area contributed by atoms with Crippen LogP contribution in [0.4, 0.5) is 0 Å². The maximum Gasteiger partial charge on any atom is 0.0950 e.